The van der Waals surface area contributed by atoms with E-state index in [2.05, 4.69) is 26.0 Å². The summed E-state index contributed by atoms with van der Waals surface area (Å²) >= 11 is 3.30. The largest absolute Gasteiger partial charge is 0.496 e. The molecule has 0 aliphatic carbocycles. The molecule has 0 aliphatic rings. The van der Waals surface area contributed by atoms with Crippen molar-refractivity contribution in [1.82, 2.24) is 0 Å². The number of carbonyl (C=O) groups is 1. The van der Waals surface area contributed by atoms with Gasteiger partial charge in [-0.2, -0.15) is 0 Å². The Hall–Kier alpha value is -2.91. The summed E-state index contributed by atoms with van der Waals surface area (Å²) in [6, 6.07) is 14.4. The van der Waals surface area contributed by atoms with Crippen molar-refractivity contribution in [2.75, 3.05) is 17.1 Å². The van der Waals surface area contributed by atoms with E-state index >= 15 is 0 Å². The van der Waals surface area contributed by atoms with E-state index in [0.717, 1.165) is 0 Å². The molecule has 3 aromatic carbocycles. The summed E-state index contributed by atoms with van der Waals surface area (Å²) in [4.78, 5) is 12.5. The minimum Gasteiger partial charge on any atom is -0.496 e. The molecule has 1 amide bonds. The van der Waals surface area contributed by atoms with Gasteiger partial charge in [0.15, 0.2) is 0 Å². The van der Waals surface area contributed by atoms with Gasteiger partial charge in [0, 0.05) is 11.3 Å². The molecule has 0 spiro atoms. The molecule has 0 saturated carbocycles. The second kappa shape index (κ2) is 8.85. The van der Waals surface area contributed by atoms with Crippen LogP contribution in [0, 0.1) is 12.7 Å². The number of methoxy groups -OCH3 is 1. The van der Waals surface area contributed by atoms with E-state index < -0.39 is 21.7 Å². The molecule has 0 fully saturated rings. The van der Waals surface area contributed by atoms with Crippen LogP contribution in [0.5, 0.6) is 5.75 Å². The number of sulfonamides is 1. The number of anilines is 2. The van der Waals surface area contributed by atoms with E-state index in [1.165, 1.54) is 43.5 Å². The summed E-state index contributed by atoms with van der Waals surface area (Å²) in [7, 11) is -2.44. The van der Waals surface area contributed by atoms with Gasteiger partial charge in [0.2, 0.25) is 0 Å². The number of amides is 1. The first-order chi connectivity index (χ1) is 14.2. The summed E-state index contributed by atoms with van der Waals surface area (Å²) in [5, 5.41) is 2.60. The molecule has 0 radical (unpaired) electrons. The molecular formula is C21H18BrFN2O4S. The molecule has 0 saturated heterocycles. The summed E-state index contributed by atoms with van der Waals surface area (Å²) in [6.45, 7) is 1.73. The van der Waals surface area contributed by atoms with Crippen molar-refractivity contribution in [3.63, 3.8) is 0 Å². The average molecular weight is 493 g/mol. The minimum absolute atomic E-state index is 0.0851. The van der Waals surface area contributed by atoms with Crippen LogP contribution in [0.4, 0.5) is 15.8 Å². The smallest absolute Gasteiger partial charge is 0.261 e. The lowest BCUT2D eigenvalue weighted by Crippen LogP contribution is -2.16. The molecule has 30 heavy (non-hydrogen) atoms. The molecule has 0 unspecified atom stereocenters. The zero-order valence-corrected chi connectivity index (χ0v) is 18.5. The Labute approximate surface area is 182 Å². The van der Waals surface area contributed by atoms with Crippen LogP contribution in [-0.2, 0) is 10.0 Å². The molecule has 9 heteroatoms. The molecule has 6 nitrogen and oxygen atoms in total. The zero-order chi connectivity index (χ0) is 21.9. The van der Waals surface area contributed by atoms with Crippen molar-refractivity contribution >= 4 is 43.2 Å². The van der Waals surface area contributed by atoms with Gasteiger partial charge in [-0.25, -0.2) is 12.8 Å². The number of ether oxygens (including phenoxy) is 1. The van der Waals surface area contributed by atoms with Gasteiger partial charge in [0.1, 0.15) is 11.6 Å². The highest BCUT2D eigenvalue weighted by molar-refractivity contribution is 9.10. The Morgan fingerprint density at radius 1 is 1.07 bits per heavy atom. The van der Waals surface area contributed by atoms with Crippen LogP contribution in [0.25, 0.3) is 0 Å². The third-order valence-corrected chi connectivity index (χ3v) is 6.26. The summed E-state index contributed by atoms with van der Waals surface area (Å²) in [6.07, 6.45) is 0. The Kier molecular flexibility index (Phi) is 6.42. The van der Waals surface area contributed by atoms with Gasteiger partial charge in [-0.1, -0.05) is 12.1 Å². The van der Waals surface area contributed by atoms with Crippen molar-refractivity contribution in [2.24, 2.45) is 0 Å². The molecule has 0 heterocycles. The van der Waals surface area contributed by atoms with Gasteiger partial charge in [-0.3, -0.25) is 9.52 Å². The third kappa shape index (κ3) is 4.98. The Morgan fingerprint density at radius 3 is 2.53 bits per heavy atom. The van der Waals surface area contributed by atoms with Crippen LogP contribution in [-0.4, -0.2) is 21.4 Å². The van der Waals surface area contributed by atoms with Crippen molar-refractivity contribution in [2.45, 2.75) is 11.8 Å². The molecule has 3 aromatic rings. The van der Waals surface area contributed by atoms with Crippen molar-refractivity contribution in [1.29, 1.82) is 0 Å². The zero-order valence-electron chi connectivity index (χ0n) is 16.1. The SMILES string of the molecule is COc1ccc(NS(=O)(=O)c2cccc(C(=O)Nc3cc(F)ccc3C)c2)cc1Br. The van der Waals surface area contributed by atoms with Gasteiger partial charge in [0.25, 0.3) is 15.9 Å². The molecule has 0 aromatic heterocycles. The van der Waals surface area contributed by atoms with E-state index in [9.17, 15) is 17.6 Å². The maximum absolute atomic E-state index is 13.5. The van der Waals surface area contributed by atoms with Crippen LogP contribution < -0.4 is 14.8 Å². The van der Waals surface area contributed by atoms with E-state index in [1.54, 1.807) is 31.2 Å². The fraction of sp³-hybridized carbons (Fsp3) is 0.0952. The van der Waals surface area contributed by atoms with Gasteiger partial charge < -0.3 is 10.1 Å². The Bertz CT molecular complexity index is 1220. The number of benzene rings is 3. The highest BCUT2D eigenvalue weighted by Crippen LogP contribution is 2.29. The highest BCUT2D eigenvalue weighted by Gasteiger charge is 2.18. The molecular weight excluding hydrogens is 475 g/mol. The maximum atomic E-state index is 13.5. The molecule has 156 valence electrons. The van der Waals surface area contributed by atoms with Crippen LogP contribution in [0.1, 0.15) is 15.9 Å². The number of nitrogens with one attached hydrogen (secondary N) is 2. The lowest BCUT2D eigenvalue weighted by molar-refractivity contribution is 0.102. The Balaban J connectivity index is 1.83. The molecule has 0 atom stereocenters. The van der Waals surface area contributed by atoms with Crippen LogP contribution in [0.15, 0.2) is 70.0 Å². The van der Waals surface area contributed by atoms with E-state index in [4.69, 9.17) is 4.74 Å². The first-order valence-electron chi connectivity index (χ1n) is 8.73. The molecule has 2 N–H and O–H groups in total. The molecule has 0 aliphatic heterocycles. The quantitative estimate of drug-likeness (QED) is 0.509. The summed E-state index contributed by atoms with van der Waals surface area (Å²) in [5.41, 5.74) is 1.44. The number of aryl methyl sites for hydroxylation is 1. The molecule has 0 bridgehead atoms. The number of carbonyl (C=O) groups excluding carboxylic acids is 1. The lowest BCUT2D eigenvalue weighted by atomic mass is 10.1. The fourth-order valence-electron chi connectivity index (χ4n) is 2.67. The fourth-order valence-corrected chi connectivity index (χ4v) is 4.31. The van der Waals surface area contributed by atoms with Crippen molar-refractivity contribution in [3.05, 3.63) is 82.1 Å². The van der Waals surface area contributed by atoms with E-state index in [-0.39, 0.29) is 10.5 Å². The van der Waals surface area contributed by atoms with Gasteiger partial charge in [0.05, 0.1) is 22.2 Å². The van der Waals surface area contributed by atoms with Crippen LogP contribution in [0.3, 0.4) is 0 Å². The first kappa shape index (κ1) is 21.8. The summed E-state index contributed by atoms with van der Waals surface area (Å²) in [5.74, 6) is -0.473. The van der Waals surface area contributed by atoms with E-state index in [1.807, 2.05) is 0 Å². The lowest BCUT2D eigenvalue weighted by Gasteiger charge is -2.12. The van der Waals surface area contributed by atoms with Crippen LogP contribution in [0.2, 0.25) is 0 Å². The second-order valence-corrected chi connectivity index (χ2v) is 8.93. The van der Waals surface area contributed by atoms with Gasteiger partial charge in [-0.15, -0.1) is 0 Å². The number of halogens is 2. The average Bonchev–Trinajstić information content (AvgIpc) is 2.70. The Morgan fingerprint density at radius 2 is 1.83 bits per heavy atom. The number of rotatable bonds is 6. The van der Waals surface area contributed by atoms with E-state index in [0.29, 0.717) is 27.2 Å². The number of hydrogen-bond acceptors (Lipinski definition) is 4. The normalized spacial score (nSPS) is 11.1. The topological polar surface area (TPSA) is 84.5 Å². The maximum Gasteiger partial charge on any atom is 0.261 e. The number of hydrogen-bond donors (Lipinski definition) is 2. The van der Waals surface area contributed by atoms with Crippen molar-refractivity contribution in [3.8, 4) is 5.75 Å². The molecule has 3 rings (SSSR count). The van der Waals surface area contributed by atoms with Crippen molar-refractivity contribution < 1.29 is 22.3 Å². The van der Waals surface area contributed by atoms with Gasteiger partial charge in [-0.05, 0) is 76.9 Å². The predicted octanol–water partition coefficient (Wildman–Crippen LogP) is 4.96. The third-order valence-electron chi connectivity index (χ3n) is 4.26. The monoisotopic (exact) mass is 492 g/mol. The minimum atomic E-state index is -3.95. The summed E-state index contributed by atoms with van der Waals surface area (Å²) < 4.78 is 47.2. The van der Waals surface area contributed by atoms with Gasteiger partial charge >= 0.3 is 0 Å². The highest BCUT2D eigenvalue weighted by atomic mass is 79.9. The van der Waals surface area contributed by atoms with Crippen LogP contribution >= 0.6 is 15.9 Å². The second-order valence-electron chi connectivity index (χ2n) is 6.40. The predicted molar refractivity (Wildman–Crippen MR) is 117 cm³/mol. The standard InChI is InChI=1S/C21H18BrFN2O4S/c1-13-6-7-15(23)11-19(13)24-21(26)14-4-3-5-17(10-14)30(27,28)25-16-8-9-20(29-2)18(22)12-16/h3-12,25H,1-2H3,(H,24,26). The first-order valence-corrected chi connectivity index (χ1v) is 11.0.